The molecule has 2 aromatic rings. The highest BCUT2D eigenvalue weighted by molar-refractivity contribution is 6.04. The minimum atomic E-state index is -4.56. The summed E-state index contributed by atoms with van der Waals surface area (Å²) >= 11 is 0. The molecule has 31 heavy (non-hydrogen) atoms. The van der Waals surface area contributed by atoms with Gasteiger partial charge in [0, 0.05) is 19.0 Å². The average Bonchev–Trinajstić information content (AvgIpc) is 3.08. The minimum Gasteiger partial charge on any atom is -0.482 e. The number of alkyl halides is 3. The Morgan fingerprint density at radius 2 is 1.97 bits per heavy atom. The van der Waals surface area contributed by atoms with Crippen molar-refractivity contribution in [1.29, 1.82) is 0 Å². The Labute approximate surface area is 172 Å². The fourth-order valence-electron chi connectivity index (χ4n) is 3.03. The Bertz CT molecular complexity index is 1030. The summed E-state index contributed by atoms with van der Waals surface area (Å²) in [6, 6.07) is 8.45. The predicted molar refractivity (Wildman–Crippen MR) is 100 cm³/mol. The highest BCUT2D eigenvalue weighted by Gasteiger charge is 2.36. The number of halogens is 4. The van der Waals surface area contributed by atoms with Gasteiger partial charge in [-0.1, -0.05) is 12.1 Å². The summed E-state index contributed by atoms with van der Waals surface area (Å²) in [4.78, 5) is 36.0. The SMILES string of the molecule is O=C(Nc1ccccc1OCC(F)(F)F)C1CC(=O)N(c2ccc(F)c([N+](=O)[O-])c2)C1. The summed E-state index contributed by atoms with van der Waals surface area (Å²) in [6.45, 7) is -1.68. The maximum Gasteiger partial charge on any atom is 0.422 e. The van der Waals surface area contributed by atoms with Crippen LogP contribution < -0.4 is 15.0 Å². The standard InChI is InChI=1S/C19H15F4N3O5/c20-13-6-5-12(8-15(13)26(29)30)25-9-11(7-17(25)27)18(28)24-14-3-1-2-4-16(14)31-10-19(21,22)23/h1-6,8,11H,7,9-10H2,(H,24,28). The van der Waals surface area contributed by atoms with Crippen molar-refractivity contribution >= 4 is 28.9 Å². The summed E-state index contributed by atoms with van der Waals surface area (Å²) in [6.07, 6.45) is -4.80. The van der Waals surface area contributed by atoms with E-state index in [9.17, 15) is 37.3 Å². The second-order valence-corrected chi connectivity index (χ2v) is 6.69. The molecule has 1 saturated heterocycles. The van der Waals surface area contributed by atoms with Gasteiger partial charge in [0.15, 0.2) is 6.61 Å². The van der Waals surface area contributed by atoms with E-state index in [1.54, 1.807) is 0 Å². The minimum absolute atomic E-state index is 0.0000639. The van der Waals surface area contributed by atoms with Crippen LogP contribution in [0, 0.1) is 21.8 Å². The number of ether oxygens (including phenoxy) is 1. The van der Waals surface area contributed by atoms with Crippen molar-refractivity contribution in [3.63, 3.8) is 0 Å². The molecule has 1 atom stereocenters. The van der Waals surface area contributed by atoms with Crippen LogP contribution in [0.5, 0.6) is 5.75 Å². The maximum atomic E-state index is 13.5. The normalized spacial score (nSPS) is 16.3. The van der Waals surface area contributed by atoms with Gasteiger partial charge in [-0.25, -0.2) is 0 Å². The first-order chi connectivity index (χ1) is 14.5. The number of anilines is 2. The first-order valence-corrected chi connectivity index (χ1v) is 8.89. The van der Waals surface area contributed by atoms with Crippen molar-refractivity contribution in [3.05, 3.63) is 58.4 Å². The Morgan fingerprint density at radius 3 is 2.65 bits per heavy atom. The summed E-state index contributed by atoms with van der Waals surface area (Å²) in [5.41, 5.74) is -0.753. The van der Waals surface area contributed by atoms with Crippen molar-refractivity contribution in [1.82, 2.24) is 0 Å². The van der Waals surface area contributed by atoms with Crippen LogP contribution in [0.4, 0.5) is 34.6 Å². The van der Waals surface area contributed by atoms with Crippen molar-refractivity contribution in [2.75, 3.05) is 23.4 Å². The summed E-state index contributed by atoms with van der Waals surface area (Å²) in [5.74, 6) is -3.29. The second kappa shape index (κ2) is 8.58. The number of nitro groups is 1. The number of carbonyl (C=O) groups excluding carboxylic acids is 2. The zero-order chi connectivity index (χ0) is 22.8. The molecule has 164 valence electrons. The third kappa shape index (κ3) is 5.27. The molecule has 8 nitrogen and oxygen atoms in total. The molecule has 0 spiro atoms. The van der Waals surface area contributed by atoms with E-state index in [1.165, 1.54) is 30.3 Å². The molecule has 0 aliphatic carbocycles. The van der Waals surface area contributed by atoms with Gasteiger partial charge in [0.25, 0.3) is 0 Å². The molecule has 1 unspecified atom stereocenters. The number of nitrogens with one attached hydrogen (secondary N) is 1. The number of rotatable bonds is 6. The smallest absolute Gasteiger partial charge is 0.422 e. The Balaban J connectivity index is 1.72. The lowest BCUT2D eigenvalue weighted by Crippen LogP contribution is -2.28. The number of amides is 2. The van der Waals surface area contributed by atoms with Crippen LogP contribution in [-0.4, -0.2) is 36.1 Å². The van der Waals surface area contributed by atoms with Crippen molar-refractivity contribution in [2.24, 2.45) is 5.92 Å². The lowest BCUT2D eigenvalue weighted by atomic mass is 10.1. The molecule has 2 amide bonds. The van der Waals surface area contributed by atoms with Gasteiger partial charge >= 0.3 is 11.9 Å². The molecule has 1 fully saturated rings. The van der Waals surface area contributed by atoms with E-state index in [2.05, 4.69) is 5.32 Å². The number of hydrogen-bond acceptors (Lipinski definition) is 5. The van der Waals surface area contributed by atoms with Gasteiger partial charge in [-0.05, 0) is 24.3 Å². The number of nitrogens with zero attached hydrogens (tertiary/aromatic N) is 2. The average molecular weight is 441 g/mol. The number of nitro benzene ring substituents is 1. The van der Waals surface area contributed by atoms with E-state index >= 15 is 0 Å². The monoisotopic (exact) mass is 441 g/mol. The van der Waals surface area contributed by atoms with E-state index in [4.69, 9.17) is 4.74 Å². The fourth-order valence-corrected chi connectivity index (χ4v) is 3.03. The zero-order valence-electron chi connectivity index (χ0n) is 15.7. The fraction of sp³-hybridized carbons (Fsp3) is 0.263. The van der Waals surface area contributed by atoms with Crippen molar-refractivity contribution in [2.45, 2.75) is 12.6 Å². The topological polar surface area (TPSA) is 102 Å². The quantitative estimate of drug-likeness (QED) is 0.419. The van der Waals surface area contributed by atoms with E-state index in [0.29, 0.717) is 0 Å². The van der Waals surface area contributed by atoms with E-state index in [1.807, 2.05) is 0 Å². The van der Waals surface area contributed by atoms with Crippen LogP contribution in [0.15, 0.2) is 42.5 Å². The van der Waals surface area contributed by atoms with Crippen molar-refractivity contribution in [3.8, 4) is 5.75 Å². The molecular formula is C19H15F4N3O5. The van der Waals surface area contributed by atoms with Gasteiger partial charge in [-0.3, -0.25) is 19.7 Å². The summed E-state index contributed by atoms with van der Waals surface area (Å²) in [7, 11) is 0. The third-order valence-electron chi connectivity index (χ3n) is 4.47. The molecule has 0 saturated carbocycles. The molecule has 0 radical (unpaired) electrons. The number of carbonyl (C=O) groups is 2. The van der Waals surface area contributed by atoms with Crippen LogP contribution in [0.2, 0.25) is 0 Å². The predicted octanol–water partition coefficient (Wildman–Crippen LogP) is 3.67. The van der Waals surface area contributed by atoms with Gasteiger partial charge in [-0.15, -0.1) is 0 Å². The molecule has 1 aliphatic rings. The Morgan fingerprint density at radius 1 is 1.26 bits per heavy atom. The van der Waals surface area contributed by atoms with E-state index < -0.39 is 46.9 Å². The zero-order valence-corrected chi connectivity index (χ0v) is 15.7. The van der Waals surface area contributed by atoms with Gasteiger partial charge < -0.3 is 15.0 Å². The molecule has 0 aromatic heterocycles. The van der Waals surface area contributed by atoms with Crippen molar-refractivity contribution < 1.29 is 36.8 Å². The summed E-state index contributed by atoms with van der Waals surface area (Å²) in [5, 5.41) is 13.4. The van der Waals surface area contributed by atoms with E-state index in [-0.39, 0.29) is 30.1 Å². The van der Waals surface area contributed by atoms with E-state index in [0.717, 1.165) is 17.0 Å². The Kier molecular flexibility index (Phi) is 6.09. The van der Waals surface area contributed by atoms with Gasteiger partial charge in [0.1, 0.15) is 5.75 Å². The first-order valence-electron chi connectivity index (χ1n) is 8.89. The van der Waals surface area contributed by atoms with Gasteiger partial charge in [-0.2, -0.15) is 17.6 Å². The Hall–Kier alpha value is -3.70. The number of benzene rings is 2. The third-order valence-corrected chi connectivity index (χ3v) is 4.47. The highest BCUT2D eigenvalue weighted by atomic mass is 19.4. The first kappa shape index (κ1) is 22.0. The molecular weight excluding hydrogens is 426 g/mol. The van der Waals surface area contributed by atoms with Gasteiger partial charge in [0.2, 0.25) is 17.6 Å². The molecule has 0 bridgehead atoms. The highest BCUT2D eigenvalue weighted by Crippen LogP contribution is 2.31. The molecule has 3 rings (SSSR count). The van der Waals surface area contributed by atoms with Crippen LogP contribution >= 0.6 is 0 Å². The molecule has 2 aromatic carbocycles. The maximum absolute atomic E-state index is 13.5. The largest absolute Gasteiger partial charge is 0.482 e. The lowest BCUT2D eigenvalue weighted by molar-refractivity contribution is -0.387. The van der Waals surface area contributed by atoms with Crippen LogP contribution in [0.25, 0.3) is 0 Å². The molecule has 12 heteroatoms. The van der Waals surface area contributed by atoms with Gasteiger partial charge in [0.05, 0.1) is 22.2 Å². The molecule has 1 heterocycles. The lowest BCUT2D eigenvalue weighted by Gasteiger charge is -2.17. The molecule has 1 N–H and O–H groups in total. The van der Waals surface area contributed by atoms with Crippen LogP contribution in [0.1, 0.15) is 6.42 Å². The summed E-state index contributed by atoms with van der Waals surface area (Å²) < 4.78 is 55.5. The number of hydrogen-bond donors (Lipinski definition) is 1. The van der Waals surface area contributed by atoms with Crippen LogP contribution in [0.3, 0.4) is 0 Å². The van der Waals surface area contributed by atoms with Crippen LogP contribution in [-0.2, 0) is 9.59 Å². The molecule has 1 aliphatic heterocycles. The second-order valence-electron chi connectivity index (χ2n) is 6.69. The number of para-hydroxylation sites is 2.